The highest BCUT2D eigenvalue weighted by molar-refractivity contribution is 7.88. The van der Waals surface area contributed by atoms with Gasteiger partial charge in [0.1, 0.15) is 5.75 Å². The van der Waals surface area contributed by atoms with Crippen molar-refractivity contribution in [3.8, 4) is 5.75 Å². The Morgan fingerprint density at radius 3 is 2.59 bits per heavy atom. The lowest BCUT2D eigenvalue weighted by Crippen LogP contribution is -2.44. The minimum absolute atomic E-state index is 0.214. The third-order valence-electron chi connectivity index (χ3n) is 7.49. The predicted octanol–water partition coefficient (Wildman–Crippen LogP) is 4.47. The number of carboxylic acid groups (broad SMARTS) is 1. The van der Waals surface area contributed by atoms with Gasteiger partial charge in [0.2, 0.25) is 0 Å². The van der Waals surface area contributed by atoms with E-state index in [1.165, 1.54) is 12.1 Å². The number of carbonyl (C=O) groups is 1. The molecule has 1 aromatic carbocycles. The normalized spacial score (nSPS) is 34.1. The van der Waals surface area contributed by atoms with Crippen molar-refractivity contribution < 1.29 is 35.7 Å². The molecule has 29 heavy (non-hydrogen) atoms. The molecule has 0 saturated heterocycles. The maximum Gasteiger partial charge on any atom is 0.534 e. The average Bonchev–Trinajstić information content (AvgIpc) is 2.97. The Kier molecular flexibility index (Phi) is 4.68. The number of carboxylic acids is 1. The number of fused-ring (bicyclic) bond motifs is 5. The Balaban J connectivity index is 1.59. The van der Waals surface area contributed by atoms with Gasteiger partial charge >= 0.3 is 21.6 Å². The van der Waals surface area contributed by atoms with Gasteiger partial charge in [-0.25, -0.2) is 0 Å². The van der Waals surface area contributed by atoms with Gasteiger partial charge < -0.3 is 9.29 Å². The standard InChI is InChI=1S/C20H23F3O5S/c1-19-9-8-14-13-5-3-12(28-29(26,27)20(21,22)23)10-11(13)2-4-15(14)16(19)6-7-17(19)18(24)25/h3,5,10,14-17H,2,4,6-9H2,1H3,(H,24,25)/t14-,15-,16+,17-,19+/m1/s1. The fourth-order valence-electron chi connectivity index (χ4n) is 6.19. The minimum atomic E-state index is -5.69. The Labute approximate surface area is 167 Å². The Morgan fingerprint density at radius 2 is 1.93 bits per heavy atom. The van der Waals surface area contributed by atoms with Crippen molar-refractivity contribution in [3.63, 3.8) is 0 Å². The van der Waals surface area contributed by atoms with E-state index in [0.29, 0.717) is 24.7 Å². The first-order chi connectivity index (χ1) is 13.4. The summed E-state index contributed by atoms with van der Waals surface area (Å²) >= 11 is 0. The van der Waals surface area contributed by atoms with E-state index in [2.05, 4.69) is 11.1 Å². The molecule has 0 radical (unpaired) electrons. The summed E-state index contributed by atoms with van der Waals surface area (Å²) < 4.78 is 64.5. The molecule has 0 spiro atoms. The number of benzene rings is 1. The summed E-state index contributed by atoms with van der Waals surface area (Å²) in [6.07, 6.45) is 4.64. The first-order valence-corrected chi connectivity index (χ1v) is 11.2. The zero-order chi connectivity index (χ0) is 21.2. The van der Waals surface area contributed by atoms with Crippen molar-refractivity contribution in [2.45, 2.75) is 56.9 Å². The summed E-state index contributed by atoms with van der Waals surface area (Å²) in [5.41, 5.74) is -3.84. The van der Waals surface area contributed by atoms with Gasteiger partial charge in [-0.1, -0.05) is 13.0 Å². The monoisotopic (exact) mass is 432 g/mol. The maximum atomic E-state index is 12.6. The number of aliphatic carboxylic acids is 1. The number of aryl methyl sites for hydroxylation is 1. The van der Waals surface area contributed by atoms with Crippen molar-refractivity contribution in [1.82, 2.24) is 0 Å². The van der Waals surface area contributed by atoms with Crippen LogP contribution in [0.25, 0.3) is 0 Å². The zero-order valence-corrected chi connectivity index (χ0v) is 16.7. The molecule has 0 unspecified atom stereocenters. The quantitative estimate of drug-likeness (QED) is 0.563. The third-order valence-corrected chi connectivity index (χ3v) is 8.46. The lowest BCUT2D eigenvalue weighted by Gasteiger charge is -2.50. The molecule has 2 saturated carbocycles. The summed E-state index contributed by atoms with van der Waals surface area (Å²) in [5, 5.41) is 9.61. The van der Waals surface area contributed by atoms with Crippen LogP contribution in [0.15, 0.2) is 18.2 Å². The molecule has 3 aliphatic rings. The second-order valence-corrected chi connectivity index (χ2v) is 10.3. The van der Waals surface area contributed by atoms with Gasteiger partial charge in [0.25, 0.3) is 0 Å². The van der Waals surface area contributed by atoms with Crippen molar-refractivity contribution >= 4 is 16.1 Å². The smallest absolute Gasteiger partial charge is 0.481 e. The second kappa shape index (κ2) is 6.62. The SMILES string of the molecule is C[C@]12CC[C@@H]3c4ccc(OS(=O)(=O)C(F)(F)F)cc4CC[C@H]3[C@@H]1CC[C@@H]2C(=O)O. The van der Waals surface area contributed by atoms with Gasteiger partial charge in [-0.05, 0) is 85.0 Å². The Morgan fingerprint density at radius 1 is 1.21 bits per heavy atom. The highest BCUT2D eigenvalue weighted by Gasteiger charge is 2.56. The van der Waals surface area contributed by atoms with Gasteiger partial charge in [0.15, 0.2) is 0 Å². The van der Waals surface area contributed by atoms with E-state index in [0.717, 1.165) is 36.8 Å². The van der Waals surface area contributed by atoms with Crippen LogP contribution in [0.3, 0.4) is 0 Å². The lowest BCUT2D eigenvalue weighted by atomic mass is 9.54. The highest BCUT2D eigenvalue weighted by atomic mass is 32.2. The molecule has 5 nitrogen and oxygen atoms in total. The van der Waals surface area contributed by atoms with Crippen molar-refractivity contribution in [1.29, 1.82) is 0 Å². The van der Waals surface area contributed by atoms with Gasteiger partial charge in [-0.15, -0.1) is 0 Å². The molecule has 4 rings (SSSR count). The Bertz CT molecular complexity index is 942. The zero-order valence-electron chi connectivity index (χ0n) is 15.9. The first kappa shape index (κ1) is 20.5. The summed E-state index contributed by atoms with van der Waals surface area (Å²) in [4.78, 5) is 11.7. The fourth-order valence-corrected chi connectivity index (χ4v) is 6.64. The van der Waals surface area contributed by atoms with Crippen LogP contribution in [0.2, 0.25) is 0 Å². The predicted molar refractivity (Wildman–Crippen MR) is 97.8 cm³/mol. The number of hydrogen-bond donors (Lipinski definition) is 1. The summed E-state index contributed by atoms with van der Waals surface area (Å²) in [6, 6.07) is 4.37. The van der Waals surface area contributed by atoms with Crippen LogP contribution in [-0.2, 0) is 21.3 Å². The molecule has 1 N–H and O–H groups in total. The van der Waals surface area contributed by atoms with Crippen LogP contribution in [0.4, 0.5) is 13.2 Å². The van der Waals surface area contributed by atoms with E-state index >= 15 is 0 Å². The van der Waals surface area contributed by atoms with Crippen molar-refractivity contribution in [2.75, 3.05) is 0 Å². The lowest BCUT2D eigenvalue weighted by molar-refractivity contribution is -0.147. The van der Waals surface area contributed by atoms with Crippen LogP contribution < -0.4 is 4.18 Å². The molecular weight excluding hydrogens is 409 g/mol. The molecule has 0 amide bonds. The second-order valence-electron chi connectivity index (χ2n) is 8.77. The fraction of sp³-hybridized carbons (Fsp3) is 0.650. The van der Waals surface area contributed by atoms with E-state index in [1.54, 1.807) is 6.07 Å². The summed E-state index contributed by atoms with van der Waals surface area (Å²) in [5.74, 6) is -0.492. The molecule has 0 aromatic heterocycles. The number of halogens is 3. The molecule has 1 aromatic rings. The largest absolute Gasteiger partial charge is 0.534 e. The van der Waals surface area contributed by atoms with Crippen LogP contribution >= 0.6 is 0 Å². The molecule has 9 heteroatoms. The van der Waals surface area contributed by atoms with E-state index in [-0.39, 0.29) is 23.0 Å². The number of rotatable bonds is 3. The first-order valence-electron chi connectivity index (χ1n) is 9.80. The van der Waals surface area contributed by atoms with E-state index < -0.39 is 21.6 Å². The minimum Gasteiger partial charge on any atom is -0.481 e. The van der Waals surface area contributed by atoms with E-state index in [4.69, 9.17) is 0 Å². The summed E-state index contributed by atoms with van der Waals surface area (Å²) in [6.45, 7) is 2.09. The van der Waals surface area contributed by atoms with E-state index in [9.17, 15) is 31.5 Å². The van der Waals surface area contributed by atoms with Gasteiger partial charge in [-0.2, -0.15) is 21.6 Å². The molecule has 0 heterocycles. The molecule has 3 aliphatic carbocycles. The summed E-state index contributed by atoms with van der Waals surface area (Å²) in [7, 11) is -5.69. The molecule has 2 fully saturated rings. The molecule has 0 bridgehead atoms. The van der Waals surface area contributed by atoms with Crippen LogP contribution in [0, 0.1) is 23.2 Å². The molecule has 160 valence electrons. The van der Waals surface area contributed by atoms with E-state index in [1.807, 2.05) is 0 Å². The van der Waals surface area contributed by atoms with Gasteiger partial charge in [0.05, 0.1) is 5.92 Å². The third kappa shape index (κ3) is 3.21. The van der Waals surface area contributed by atoms with Crippen molar-refractivity contribution in [3.05, 3.63) is 29.3 Å². The van der Waals surface area contributed by atoms with Crippen LogP contribution in [0.5, 0.6) is 5.75 Å². The maximum absolute atomic E-state index is 12.6. The van der Waals surface area contributed by atoms with Crippen molar-refractivity contribution in [2.24, 2.45) is 23.2 Å². The molecular formula is C20H23F3O5S. The highest BCUT2D eigenvalue weighted by Crippen LogP contribution is 2.63. The van der Waals surface area contributed by atoms with Crippen LogP contribution in [-0.4, -0.2) is 25.0 Å². The Hall–Kier alpha value is -1.77. The van der Waals surface area contributed by atoms with Gasteiger partial charge in [0, 0.05) is 0 Å². The van der Waals surface area contributed by atoms with Gasteiger partial charge in [-0.3, -0.25) is 4.79 Å². The van der Waals surface area contributed by atoms with Crippen LogP contribution in [0.1, 0.15) is 56.1 Å². The number of alkyl halides is 3. The average molecular weight is 432 g/mol. The molecule has 0 aliphatic heterocycles. The molecule has 5 atom stereocenters. The number of hydrogen-bond acceptors (Lipinski definition) is 4. The topological polar surface area (TPSA) is 80.7 Å².